The van der Waals surface area contributed by atoms with Gasteiger partial charge in [0.25, 0.3) is 0 Å². The number of rotatable bonds is 3. The fraction of sp³-hybridized carbons (Fsp3) is 0.500. The summed E-state index contributed by atoms with van der Waals surface area (Å²) in [7, 11) is -3.53. The molecule has 1 fully saturated rings. The molecular formula is C12H17BrN2O2S. The molecule has 4 nitrogen and oxygen atoms in total. The van der Waals surface area contributed by atoms with Crippen LogP contribution in [0.2, 0.25) is 0 Å². The molecule has 0 aliphatic heterocycles. The molecule has 100 valence electrons. The Morgan fingerprint density at radius 3 is 2.72 bits per heavy atom. The summed E-state index contributed by atoms with van der Waals surface area (Å²) in [6, 6.07) is 4.88. The SMILES string of the molecule is CC1CCCC1NS(=O)(=O)c1cc(Br)ccc1N. The van der Waals surface area contributed by atoms with Gasteiger partial charge >= 0.3 is 0 Å². The van der Waals surface area contributed by atoms with Crippen LogP contribution in [0.3, 0.4) is 0 Å². The van der Waals surface area contributed by atoms with E-state index in [2.05, 4.69) is 27.6 Å². The fourth-order valence-corrected chi connectivity index (χ4v) is 4.37. The quantitative estimate of drug-likeness (QED) is 0.835. The molecule has 1 aliphatic rings. The van der Waals surface area contributed by atoms with Crippen LogP contribution < -0.4 is 10.5 Å². The van der Waals surface area contributed by atoms with Gasteiger partial charge in [0.1, 0.15) is 4.90 Å². The van der Waals surface area contributed by atoms with Crippen LogP contribution >= 0.6 is 15.9 Å². The Labute approximate surface area is 116 Å². The van der Waals surface area contributed by atoms with Gasteiger partial charge in [-0.1, -0.05) is 29.3 Å². The van der Waals surface area contributed by atoms with Crippen molar-refractivity contribution >= 4 is 31.6 Å². The normalized spacial score (nSPS) is 24.3. The first kappa shape index (κ1) is 13.8. The molecule has 2 unspecified atom stereocenters. The Kier molecular flexibility index (Phi) is 3.99. The van der Waals surface area contributed by atoms with Gasteiger partial charge in [0.05, 0.1) is 5.69 Å². The Morgan fingerprint density at radius 1 is 1.39 bits per heavy atom. The second-order valence-corrected chi connectivity index (χ2v) is 7.42. The Morgan fingerprint density at radius 2 is 2.11 bits per heavy atom. The van der Waals surface area contributed by atoms with Gasteiger partial charge in [-0.15, -0.1) is 0 Å². The molecule has 0 heterocycles. The van der Waals surface area contributed by atoms with Gasteiger partial charge in [0.2, 0.25) is 10.0 Å². The van der Waals surface area contributed by atoms with Gasteiger partial charge < -0.3 is 5.73 Å². The van der Waals surface area contributed by atoms with Crippen molar-refractivity contribution in [1.82, 2.24) is 4.72 Å². The molecule has 2 atom stereocenters. The summed E-state index contributed by atoms with van der Waals surface area (Å²) in [6.45, 7) is 2.07. The van der Waals surface area contributed by atoms with Crippen molar-refractivity contribution in [2.45, 2.75) is 37.1 Å². The zero-order valence-corrected chi connectivity index (χ0v) is 12.6. The van der Waals surface area contributed by atoms with E-state index in [9.17, 15) is 8.42 Å². The molecule has 0 radical (unpaired) electrons. The summed E-state index contributed by atoms with van der Waals surface area (Å²) in [6.07, 6.45) is 3.04. The van der Waals surface area contributed by atoms with Crippen molar-refractivity contribution in [3.63, 3.8) is 0 Å². The third-order valence-corrected chi connectivity index (χ3v) is 5.47. The molecule has 6 heteroatoms. The molecular weight excluding hydrogens is 316 g/mol. The maximum Gasteiger partial charge on any atom is 0.242 e. The summed E-state index contributed by atoms with van der Waals surface area (Å²) in [4.78, 5) is 0.149. The Bertz CT molecular complexity index is 545. The summed E-state index contributed by atoms with van der Waals surface area (Å²) < 4.78 is 28.1. The molecule has 1 aromatic rings. The van der Waals surface area contributed by atoms with Gasteiger partial charge in [-0.2, -0.15) is 0 Å². The number of hydrogen-bond acceptors (Lipinski definition) is 3. The highest BCUT2D eigenvalue weighted by Crippen LogP contribution is 2.28. The Hall–Kier alpha value is -0.590. The number of nitrogens with two attached hydrogens (primary N) is 1. The molecule has 3 N–H and O–H groups in total. The van der Waals surface area contributed by atoms with E-state index in [-0.39, 0.29) is 16.6 Å². The predicted octanol–water partition coefficient (Wildman–Crippen LogP) is 2.50. The van der Waals surface area contributed by atoms with Crippen LogP contribution in [0.15, 0.2) is 27.6 Å². The largest absolute Gasteiger partial charge is 0.398 e. The minimum atomic E-state index is -3.53. The van der Waals surface area contributed by atoms with Crippen molar-refractivity contribution in [1.29, 1.82) is 0 Å². The third kappa shape index (κ3) is 2.87. The van der Waals surface area contributed by atoms with Crippen LogP contribution in [-0.2, 0) is 10.0 Å². The van der Waals surface area contributed by atoms with Gasteiger partial charge in [-0.25, -0.2) is 13.1 Å². The summed E-state index contributed by atoms with van der Waals surface area (Å²) in [5, 5.41) is 0. The first-order valence-corrected chi connectivity index (χ1v) is 8.25. The minimum Gasteiger partial charge on any atom is -0.398 e. The van der Waals surface area contributed by atoms with E-state index in [0.29, 0.717) is 10.4 Å². The van der Waals surface area contributed by atoms with E-state index >= 15 is 0 Å². The summed E-state index contributed by atoms with van der Waals surface area (Å²) in [5.74, 6) is 0.383. The first-order valence-electron chi connectivity index (χ1n) is 5.97. The lowest BCUT2D eigenvalue weighted by Crippen LogP contribution is -2.36. The van der Waals surface area contributed by atoms with Crippen molar-refractivity contribution in [2.24, 2.45) is 5.92 Å². The lowest BCUT2D eigenvalue weighted by molar-refractivity contribution is 0.476. The standard InChI is InChI=1S/C12H17BrN2O2S/c1-8-3-2-4-11(8)15-18(16,17)12-7-9(13)5-6-10(12)14/h5-8,11,15H,2-4,14H2,1H3. The van der Waals surface area contributed by atoms with Crippen molar-refractivity contribution in [3.05, 3.63) is 22.7 Å². The van der Waals surface area contributed by atoms with E-state index in [1.165, 1.54) is 6.07 Å². The van der Waals surface area contributed by atoms with E-state index < -0.39 is 10.0 Å². The van der Waals surface area contributed by atoms with Crippen molar-refractivity contribution in [2.75, 3.05) is 5.73 Å². The highest BCUT2D eigenvalue weighted by molar-refractivity contribution is 9.10. The molecule has 1 saturated carbocycles. The van der Waals surface area contributed by atoms with Gasteiger partial charge in [0.15, 0.2) is 0 Å². The summed E-state index contributed by atoms with van der Waals surface area (Å²) in [5.41, 5.74) is 6.02. The monoisotopic (exact) mass is 332 g/mol. The molecule has 0 aromatic heterocycles. The highest BCUT2D eigenvalue weighted by atomic mass is 79.9. The van der Waals surface area contributed by atoms with E-state index in [1.807, 2.05) is 0 Å². The van der Waals surface area contributed by atoms with E-state index in [1.54, 1.807) is 12.1 Å². The molecule has 18 heavy (non-hydrogen) atoms. The lowest BCUT2D eigenvalue weighted by Gasteiger charge is -2.18. The van der Waals surface area contributed by atoms with Gasteiger partial charge in [0, 0.05) is 10.5 Å². The smallest absolute Gasteiger partial charge is 0.242 e. The highest BCUT2D eigenvalue weighted by Gasteiger charge is 2.29. The Balaban J connectivity index is 2.28. The number of sulfonamides is 1. The zero-order chi connectivity index (χ0) is 13.3. The summed E-state index contributed by atoms with van der Waals surface area (Å²) >= 11 is 3.27. The van der Waals surface area contributed by atoms with E-state index in [4.69, 9.17) is 5.73 Å². The topological polar surface area (TPSA) is 72.2 Å². The molecule has 0 spiro atoms. The number of halogens is 1. The molecule has 2 rings (SSSR count). The molecule has 1 aromatic carbocycles. The lowest BCUT2D eigenvalue weighted by atomic mass is 10.1. The minimum absolute atomic E-state index is 0.0216. The van der Waals surface area contributed by atoms with Crippen LogP contribution in [0.25, 0.3) is 0 Å². The van der Waals surface area contributed by atoms with Crippen LogP contribution in [-0.4, -0.2) is 14.5 Å². The van der Waals surface area contributed by atoms with Crippen molar-refractivity contribution in [3.8, 4) is 0 Å². The average molecular weight is 333 g/mol. The zero-order valence-electron chi connectivity index (χ0n) is 10.2. The van der Waals surface area contributed by atoms with Crippen LogP contribution in [0.4, 0.5) is 5.69 Å². The average Bonchev–Trinajstić information content (AvgIpc) is 2.67. The number of anilines is 1. The molecule has 1 aliphatic carbocycles. The first-order chi connectivity index (χ1) is 8.40. The number of benzene rings is 1. The maximum atomic E-state index is 12.3. The fourth-order valence-electron chi connectivity index (χ4n) is 2.32. The predicted molar refractivity (Wildman–Crippen MR) is 75.7 cm³/mol. The second kappa shape index (κ2) is 5.19. The van der Waals surface area contributed by atoms with Gasteiger partial charge in [-0.3, -0.25) is 0 Å². The van der Waals surface area contributed by atoms with Crippen molar-refractivity contribution < 1.29 is 8.42 Å². The van der Waals surface area contributed by atoms with Crippen LogP contribution in [0.5, 0.6) is 0 Å². The van der Waals surface area contributed by atoms with E-state index in [0.717, 1.165) is 19.3 Å². The molecule has 0 amide bonds. The molecule has 0 bridgehead atoms. The number of nitrogens with one attached hydrogen (secondary N) is 1. The number of nitrogen functional groups attached to an aromatic ring is 1. The van der Waals surface area contributed by atoms with Gasteiger partial charge in [-0.05, 0) is 37.0 Å². The number of hydrogen-bond donors (Lipinski definition) is 2. The van der Waals surface area contributed by atoms with Crippen LogP contribution in [0.1, 0.15) is 26.2 Å². The van der Waals surface area contributed by atoms with Crippen LogP contribution in [0, 0.1) is 5.92 Å². The maximum absolute atomic E-state index is 12.3. The third-order valence-electron chi connectivity index (χ3n) is 3.43. The molecule has 0 saturated heterocycles. The second-order valence-electron chi connectivity index (χ2n) is 4.82.